The molecular formula is C9H9BN2O3. The SMILES string of the molecule is [C-]#[N+]/C(C#N)=C1/OB2OC(C)C1C(C)O2. The maximum atomic E-state index is 8.80. The van der Waals surface area contributed by atoms with E-state index in [1.165, 1.54) is 0 Å². The summed E-state index contributed by atoms with van der Waals surface area (Å²) in [6, 6.07) is 1.84. The van der Waals surface area contributed by atoms with Gasteiger partial charge in [0.1, 0.15) is 5.76 Å². The summed E-state index contributed by atoms with van der Waals surface area (Å²) >= 11 is 0. The zero-order valence-corrected chi connectivity index (χ0v) is 8.43. The number of allylic oxidation sites excluding steroid dienone is 1. The van der Waals surface area contributed by atoms with Crippen molar-refractivity contribution in [3.05, 3.63) is 22.9 Å². The fourth-order valence-electron chi connectivity index (χ4n) is 1.95. The predicted octanol–water partition coefficient (Wildman–Crippen LogP) is 1.10. The third-order valence-electron chi connectivity index (χ3n) is 2.64. The third kappa shape index (κ3) is 1.48. The van der Waals surface area contributed by atoms with E-state index in [1.807, 2.05) is 19.9 Å². The molecule has 76 valence electrons. The molecule has 6 heteroatoms. The molecule has 3 rings (SSSR count). The highest BCUT2D eigenvalue weighted by Crippen LogP contribution is 2.38. The van der Waals surface area contributed by atoms with Gasteiger partial charge in [-0.25, -0.2) is 10.1 Å². The lowest BCUT2D eigenvalue weighted by molar-refractivity contribution is -0.0955. The summed E-state index contributed by atoms with van der Waals surface area (Å²) in [5.74, 6) is 0.244. The van der Waals surface area contributed by atoms with Crippen LogP contribution in [-0.4, -0.2) is 19.5 Å². The molecule has 0 spiro atoms. The molecule has 3 aliphatic rings. The molecule has 0 aliphatic carbocycles. The fraction of sp³-hybridized carbons (Fsp3) is 0.556. The van der Waals surface area contributed by atoms with E-state index in [-0.39, 0.29) is 23.8 Å². The van der Waals surface area contributed by atoms with Crippen molar-refractivity contribution < 1.29 is 14.0 Å². The van der Waals surface area contributed by atoms with Gasteiger partial charge in [-0.3, -0.25) is 0 Å². The van der Waals surface area contributed by atoms with Crippen LogP contribution in [-0.2, 0) is 14.0 Å². The zero-order chi connectivity index (χ0) is 11.0. The molecule has 0 saturated carbocycles. The average Bonchev–Trinajstić information content (AvgIpc) is 2.18. The number of nitriles is 1. The van der Waals surface area contributed by atoms with Gasteiger partial charge in [0.05, 0.1) is 30.8 Å². The molecule has 3 heterocycles. The Kier molecular flexibility index (Phi) is 2.40. The summed E-state index contributed by atoms with van der Waals surface area (Å²) in [5, 5.41) is 8.80. The molecule has 3 fully saturated rings. The molecule has 2 atom stereocenters. The monoisotopic (exact) mass is 204 g/mol. The third-order valence-corrected chi connectivity index (χ3v) is 2.64. The summed E-state index contributed by atoms with van der Waals surface area (Å²) < 4.78 is 15.9. The van der Waals surface area contributed by atoms with Gasteiger partial charge in [-0.2, -0.15) is 0 Å². The van der Waals surface area contributed by atoms with Gasteiger partial charge < -0.3 is 14.0 Å². The molecule has 0 radical (unpaired) electrons. The van der Waals surface area contributed by atoms with Crippen LogP contribution in [0.4, 0.5) is 0 Å². The Morgan fingerprint density at radius 2 is 2.07 bits per heavy atom. The molecule has 15 heavy (non-hydrogen) atoms. The second-order valence-electron chi connectivity index (χ2n) is 3.55. The van der Waals surface area contributed by atoms with Gasteiger partial charge in [-0.1, -0.05) is 0 Å². The second-order valence-corrected chi connectivity index (χ2v) is 3.55. The first-order valence-electron chi connectivity index (χ1n) is 4.66. The van der Waals surface area contributed by atoms with Crippen molar-refractivity contribution in [2.24, 2.45) is 5.92 Å². The van der Waals surface area contributed by atoms with Crippen LogP contribution in [0.5, 0.6) is 0 Å². The number of rotatable bonds is 0. The molecule has 0 aromatic heterocycles. The van der Waals surface area contributed by atoms with E-state index in [2.05, 4.69) is 4.85 Å². The molecule has 0 aromatic rings. The Morgan fingerprint density at radius 3 is 2.47 bits per heavy atom. The molecule has 3 saturated heterocycles. The molecule has 0 aromatic carbocycles. The van der Waals surface area contributed by atoms with Crippen LogP contribution in [0, 0.1) is 23.8 Å². The van der Waals surface area contributed by atoms with Crippen LogP contribution in [0.15, 0.2) is 11.5 Å². The highest BCUT2D eigenvalue weighted by Gasteiger charge is 2.50. The molecule has 2 bridgehead atoms. The van der Waals surface area contributed by atoms with E-state index >= 15 is 0 Å². The van der Waals surface area contributed by atoms with Gasteiger partial charge in [0.25, 0.3) is 5.70 Å². The van der Waals surface area contributed by atoms with Gasteiger partial charge >= 0.3 is 7.32 Å². The molecule has 5 nitrogen and oxygen atoms in total. The van der Waals surface area contributed by atoms with Crippen LogP contribution >= 0.6 is 0 Å². The van der Waals surface area contributed by atoms with Crippen molar-refractivity contribution in [3.63, 3.8) is 0 Å². The number of hydrogen-bond donors (Lipinski definition) is 0. The maximum Gasteiger partial charge on any atom is 0.712 e. The van der Waals surface area contributed by atoms with Gasteiger partial charge in [0, 0.05) is 0 Å². The molecule has 0 amide bonds. The Bertz CT molecular complexity index is 367. The minimum Gasteiger partial charge on any atom is -0.522 e. The van der Waals surface area contributed by atoms with Crippen LogP contribution in [0.25, 0.3) is 4.85 Å². The van der Waals surface area contributed by atoms with Crippen molar-refractivity contribution in [1.29, 1.82) is 5.26 Å². The summed E-state index contributed by atoms with van der Waals surface area (Å²) in [6.45, 7) is 10.7. The number of hydrogen-bond acceptors (Lipinski definition) is 4. The van der Waals surface area contributed by atoms with Crippen LogP contribution < -0.4 is 0 Å². The number of nitrogens with zero attached hydrogens (tertiary/aromatic N) is 2. The average molecular weight is 204 g/mol. The van der Waals surface area contributed by atoms with Crippen molar-refractivity contribution in [3.8, 4) is 6.07 Å². The highest BCUT2D eigenvalue weighted by atomic mass is 16.8. The smallest absolute Gasteiger partial charge is 0.522 e. The first-order chi connectivity index (χ1) is 7.17. The van der Waals surface area contributed by atoms with E-state index in [4.69, 9.17) is 25.8 Å². The molecule has 0 N–H and O–H groups in total. The van der Waals surface area contributed by atoms with Gasteiger partial charge in [-0.15, -0.1) is 0 Å². The van der Waals surface area contributed by atoms with Crippen molar-refractivity contribution in [2.45, 2.75) is 26.1 Å². The van der Waals surface area contributed by atoms with E-state index in [9.17, 15) is 0 Å². The lowest BCUT2D eigenvalue weighted by Gasteiger charge is -2.44. The lowest BCUT2D eigenvalue weighted by atomic mass is 9.86. The normalized spacial score (nSPS) is 36.5. The van der Waals surface area contributed by atoms with Crippen LogP contribution in [0.1, 0.15) is 13.8 Å². The summed E-state index contributed by atoms with van der Waals surface area (Å²) in [6.07, 6.45) is -0.180. The predicted molar refractivity (Wildman–Crippen MR) is 50.7 cm³/mol. The van der Waals surface area contributed by atoms with Gasteiger partial charge in [0.15, 0.2) is 0 Å². The molecule has 2 unspecified atom stereocenters. The van der Waals surface area contributed by atoms with Gasteiger partial charge in [0.2, 0.25) is 0 Å². The van der Waals surface area contributed by atoms with Crippen LogP contribution in [0.2, 0.25) is 0 Å². The Hall–Kier alpha value is -1.50. The van der Waals surface area contributed by atoms with Gasteiger partial charge in [-0.05, 0) is 13.8 Å². The molecule has 3 aliphatic heterocycles. The summed E-state index contributed by atoms with van der Waals surface area (Å²) in [5.41, 5.74) is -0.00435. The summed E-state index contributed by atoms with van der Waals surface area (Å²) in [7, 11) is -0.778. The summed E-state index contributed by atoms with van der Waals surface area (Å²) in [4.78, 5) is 3.15. The van der Waals surface area contributed by atoms with Crippen molar-refractivity contribution in [2.75, 3.05) is 0 Å². The zero-order valence-electron chi connectivity index (χ0n) is 8.43. The molecular weight excluding hydrogens is 195 g/mol. The standard InChI is InChI=1S/C9H9BN2O3/c1-5-8-6(2)14-10(13-5)15-9(8)7(4-11)12-3/h5-6,8H,1-2H3/b9-7+. The van der Waals surface area contributed by atoms with E-state index in [0.29, 0.717) is 5.76 Å². The quantitative estimate of drug-likeness (QED) is 0.336. The second kappa shape index (κ2) is 3.58. The first-order valence-corrected chi connectivity index (χ1v) is 4.66. The number of fused-ring (bicyclic) bond motifs is 3. The van der Waals surface area contributed by atoms with E-state index < -0.39 is 7.32 Å². The lowest BCUT2D eigenvalue weighted by Crippen LogP contribution is -2.54. The topological polar surface area (TPSA) is 55.8 Å². The highest BCUT2D eigenvalue weighted by molar-refractivity contribution is 6.37. The van der Waals surface area contributed by atoms with Crippen molar-refractivity contribution >= 4 is 7.32 Å². The Labute approximate surface area is 88.2 Å². The Morgan fingerprint density at radius 1 is 1.47 bits per heavy atom. The van der Waals surface area contributed by atoms with E-state index in [0.717, 1.165) is 0 Å². The first kappa shape index (κ1) is 10.0. The minimum atomic E-state index is -0.778. The van der Waals surface area contributed by atoms with Crippen molar-refractivity contribution in [1.82, 2.24) is 0 Å². The van der Waals surface area contributed by atoms with E-state index in [1.54, 1.807) is 0 Å². The minimum absolute atomic E-state index is 0.00435. The van der Waals surface area contributed by atoms with Crippen LogP contribution in [0.3, 0.4) is 0 Å². The largest absolute Gasteiger partial charge is 0.712 e. The maximum absolute atomic E-state index is 8.80. The fourth-order valence-corrected chi connectivity index (χ4v) is 1.95. The Balaban J connectivity index is 2.42.